The number of carbonyl (C=O) groups excluding carboxylic acids is 1. The standard InChI is InChI=1S/C8H12BrN3O/c1-3-6(10)8(13)7-5(9)4-11-12(7)2/h4,6H,3,10H2,1-2H3. The fourth-order valence-corrected chi connectivity index (χ4v) is 1.59. The van der Waals surface area contributed by atoms with Gasteiger partial charge in [-0.15, -0.1) is 0 Å². The van der Waals surface area contributed by atoms with Gasteiger partial charge in [0.2, 0.25) is 0 Å². The van der Waals surface area contributed by atoms with Crippen molar-refractivity contribution in [3.8, 4) is 0 Å². The number of hydrogen-bond acceptors (Lipinski definition) is 3. The molecule has 0 aromatic carbocycles. The molecule has 1 aromatic rings. The lowest BCUT2D eigenvalue weighted by molar-refractivity contribution is 0.0949. The summed E-state index contributed by atoms with van der Waals surface area (Å²) in [5.74, 6) is -0.0747. The Morgan fingerprint density at radius 1 is 1.85 bits per heavy atom. The van der Waals surface area contributed by atoms with Crippen molar-refractivity contribution in [1.82, 2.24) is 9.78 Å². The molecule has 0 spiro atoms. The summed E-state index contributed by atoms with van der Waals surface area (Å²) >= 11 is 3.26. The number of aryl methyl sites for hydroxylation is 1. The van der Waals surface area contributed by atoms with E-state index in [0.717, 1.165) is 0 Å². The number of aromatic nitrogens is 2. The van der Waals surface area contributed by atoms with Crippen molar-refractivity contribution in [3.63, 3.8) is 0 Å². The minimum atomic E-state index is -0.438. The predicted octanol–water partition coefficient (Wildman–Crippen LogP) is 1.10. The largest absolute Gasteiger partial charge is 0.321 e. The van der Waals surface area contributed by atoms with Gasteiger partial charge in [-0.05, 0) is 22.4 Å². The minimum absolute atomic E-state index is 0.0747. The van der Waals surface area contributed by atoms with Crippen LogP contribution in [0, 0.1) is 0 Å². The van der Waals surface area contributed by atoms with E-state index in [1.165, 1.54) is 4.68 Å². The number of rotatable bonds is 3. The van der Waals surface area contributed by atoms with E-state index in [4.69, 9.17) is 5.73 Å². The molecule has 5 heteroatoms. The average Bonchev–Trinajstić information content (AvgIpc) is 2.44. The lowest BCUT2D eigenvalue weighted by Gasteiger charge is -2.07. The van der Waals surface area contributed by atoms with E-state index in [2.05, 4.69) is 21.0 Å². The molecule has 1 atom stereocenters. The summed E-state index contributed by atoms with van der Waals surface area (Å²) in [7, 11) is 1.72. The molecule has 1 heterocycles. The molecule has 0 aliphatic carbocycles. The number of nitrogens with two attached hydrogens (primary N) is 1. The normalized spacial score (nSPS) is 12.9. The van der Waals surface area contributed by atoms with Crippen molar-refractivity contribution in [2.45, 2.75) is 19.4 Å². The van der Waals surface area contributed by atoms with Gasteiger partial charge < -0.3 is 5.73 Å². The zero-order valence-corrected chi connectivity index (χ0v) is 9.21. The van der Waals surface area contributed by atoms with Gasteiger partial charge in [0.15, 0.2) is 5.78 Å². The van der Waals surface area contributed by atoms with Crippen LogP contribution < -0.4 is 5.73 Å². The Kier molecular flexibility index (Phi) is 3.22. The Hall–Kier alpha value is -0.680. The maximum Gasteiger partial charge on any atom is 0.198 e. The number of halogens is 1. The van der Waals surface area contributed by atoms with E-state index in [1.807, 2.05) is 6.92 Å². The second kappa shape index (κ2) is 4.02. The third-order valence-corrected chi connectivity index (χ3v) is 2.48. The molecule has 0 aliphatic rings. The highest BCUT2D eigenvalue weighted by Gasteiger charge is 2.20. The molecule has 0 saturated carbocycles. The summed E-state index contributed by atoms with van der Waals surface area (Å²) in [6.07, 6.45) is 2.23. The Morgan fingerprint density at radius 3 is 2.85 bits per heavy atom. The maximum atomic E-state index is 11.7. The predicted molar refractivity (Wildman–Crippen MR) is 53.5 cm³/mol. The average molecular weight is 246 g/mol. The maximum absolute atomic E-state index is 11.7. The highest BCUT2D eigenvalue weighted by atomic mass is 79.9. The topological polar surface area (TPSA) is 60.9 Å². The molecule has 0 fully saturated rings. The molecule has 1 aromatic heterocycles. The molecule has 0 saturated heterocycles. The van der Waals surface area contributed by atoms with E-state index >= 15 is 0 Å². The Bertz CT molecular complexity index is 302. The first-order valence-electron chi connectivity index (χ1n) is 4.05. The highest BCUT2D eigenvalue weighted by molar-refractivity contribution is 9.10. The lowest BCUT2D eigenvalue weighted by atomic mass is 10.1. The fraction of sp³-hybridized carbons (Fsp3) is 0.500. The molecule has 2 N–H and O–H groups in total. The Morgan fingerprint density at radius 2 is 2.46 bits per heavy atom. The first-order chi connectivity index (χ1) is 6.07. The smallest absolute Gasteiger partial charge is 0.198 e. The summed E-state index contributed by atoms with van der Waals surface area (Å²) in [5, 5.41) is 3.95. The summed E-state index contributed by atoms with van der Waals surface area (Å²) in [6.45, 7) is 1.88. The van der Waals surface area contributed by atoms with Gasteiger partial charge in [-0.1, -0.05) is 6.92 Å². The summed E-state index contributed by atoms with van der Waals surface area (Å²) in [5.41, 5.74) is 6.17. The van der Waals surface area contributed by atoms with Crippen LogP contribution in [0.1, 0.15) is 23.8 Å². The molecular formula is C8H12BrN3O. The van der Waals surface area contributed by atoms with Crippen molar-refractivity contribution < 1.29 is 4.79 Å². The zero-order chi connectivity index (χ0) is 10.0. The molecule has 0 bridgehead atoms. The van der Waals surface area contributed by atoms with E-state index in [9.17, 15) is 4.79 Å². The molecule has 1 rings (SSSR count). The lowest BCUT2D eigenvalue weighted by Crippen LogP contribution is -2.31. The second-order valence-corrected chi connectivity index (χ2v) is 3.70. The van der Waals surface area contributed by atoms with Gasteiger partial charge in [0.05, 0.1) is 16.7 Å². The summed E-state index contributed by atoms with van der Waals surface area (Å²) in [4.78, 5) is 11.7. The highest BCUT2D eigenvalue weighted by Crippen LogP contribution is 2.16. The van der Waals surface area contributed by atoms with Crippen molar-refractivity contribution >= 4 is 21.7 Å². The molecule has 1 unspecified atom stereocenters. The zero-order valence-electron chi connectivity index (χ0n) is 7.62. The van der Waals surface area contributed by atoms with Gasteiger partial charge in [-0.25, -0.2) is 0 Å². The van der Waals surface area contributed by atoms with Crippen molar-refractivity contribution in [2.24, 2.45) is 12.8 Å². The quantitative estimate of drug-likeness (QED) is 0.812. The van der Waals surface area contributed by atoms with Crippen molar-refractivity contribution in [2.75, 3.05) is 0 Å². The summed E-state index contributed by atoms with van der Waals surface area (Å²) < 4.78 is 2.23. The molecule has 0 radical (unpaired) electrons. The molecule has 0 aliphatic heterocycles. The van der Waals surface area contributed by atoms with Gasteiger partial charge >= 0.3 is 0 Å². The number of ketones is 1. The minimum Gasteiger partial charge on any atom is -0.321 e. The van der Waals surface area contributed by atoms with Crippen LogP contribution in [0.5, 0.6) is 0 Å². The van der Waals surface area contributed by atoms with Crippen LogP contribution in [0.3, 0.4) is 0 Å². The molecule has 72 valence electrons. The van der Waals surface area contributed by atoms with Crippen LogP contribution in [-0.4, -0.2) is 21.6 Å². The van der Waals surface area contributed by atoms with Crippen LogP contribution >= 0.6 is 15.9 Å². The third kappa shape index (κ3) is 1.97. The fourth-order valence-electron chi connectivity index (χ4n) is 1.05. The van der Waals surface area contributed by atoms with Gasteiger partial charge in [-0.2, -0.15) is 5.10 Å². The van der Waals surface area contributed by atoms with Crippen LogP contribution in [0.2, 0.25) is 0 Å². The van der Waals surface area contributed by atoms with Crippen LogP contribution in [0.25, 0.3) is 0 Å². The Labute approximate surface area is 85.2 Å². The first kappa shape index (κ1) is 10.4. The third-order valence-electron chi connectivity index (χ3n) is 1.90. The molecule has 4 nitrogen and oxygen atoms in total. The van der Waals surface area contributed by atoms with Gasteiger partial charge in [0.1, 0.15) is 5.69 Å². The van der Waals surface area contributed by atoms with E-state index in [0.29, 0.717) is 16.6 Å². The Balaban J connectivity index is 3.01. The number of carbonyl (C=O) groups is 1. The van der Waals surface area contributed by atoms with Crippen molar-refractivity contribution in [1.29, 1.82) is 0 Å². The van der Waals surface area contributed by atoms with Crippen molar-refractivity contribution in [3.05, 3.63) is 16.4 Å². The first-order valence-corrected chi connectivity index (χ1v) is 4.84. The number of nitrogens with zero attached hydrogens (tertiary/aromatic N) is 2. The summed E-state index contributed by atoms with van der Waals surface area (Å²) in [6, 6.07) is -0.438. The van der Waals surface area contributed by atoms with E-state index in [-0.39, 0.29) is 5.78 Å². The molecule has 0 amide bonds. The number of hydrogen-bond donors (Lipinski definition) is 1. The monoisotopic (exact) mass is 245 g/mol. The van der Waals surface area contributed by atoms with Gasteiger partial charge in [0, 0.05) is 7.05 Å². The van der Waals surface area contributed by atoms with Gasteiger partial charge in [-0.3, -0.25) is 9.48 Å². The molecule has 13 heavy (non-hydrogen) atoms. The van der Waals surface area contributed by atoms with E-state index in [1.54, 1.807) is 13.2 Å². The molecular weight excluding hydrogens is 234 g/mol. The SMILES string of the molecule is CCC(N)C(=O)c1c(Br)cnn1C. The van der Waals surface area contributed by atoms with E-state index < -0.39 is 6.04 Å². The van der Waals surface area contributed by atoms with Crippen LogP contribution in [0.15, 0.2) is 10.7 Å². The van der Waals surface area contributed by atoms with Gasteiger partial charge in [0.25, 0.3) is 0 Å². The van der Waals surface area contributed by atoms with Crippen LogP contribution in [0.4, 0.5) is 0 Å². The van der Waals surface area contributed by atoms with Crippen LogP contribution in [-0.2, 0) is 7.05 Å². The number of Topliss-reactive ketones (excluding diaryl/α,β-unsaturated/α-hetero) is 1. The second-order valence-electron chi connectivity index (χ2n) is 2.84.